The molecule has 5 nitrogen and oxygen atoms in total. The highest BCUT2D eigenvalue weighted by Crippen LogP contribution is 2.20. The van der Waals surface area contributed by atoms with Gasteiger partial charge < -0.3 is 14.7 Å². The van der Waals surface area contributed by atoms with Crippen LogP contribution in [0.25, 0.3) is 0 Å². The van der Waals surface area contributed by atoms with Gasteiger partial charge in [0.15, 0.2) is 5.78 Å². The maximum Gasteiger partial charge on any atom is 0.222 e. The van der Waals surface area contributed by atoms with E-state index < -0.39 is 6.10 Å². The molecule has 0 saturated heterocycles. The minimum absolute atomic E-state index is 0.0861. The number of hydrogen-bond acceptors (Lipinski definition) is 4. The Bertz CT molecular complexity index is 761. The van der Waals surface area contributed by atoms with E-state index >= 15 is 0 Å². The monoisotopic (exact) mass is 375 g/mol. The van der Waals surface area contributed by atoms with Crippen LogP contribution in [0.3, 0.4) is 0 Å². The van der Waals surface area contributed by atoms with Crippen molar-refractivity contribution in [3.05, 3.63) is 64.7 Å². The molecule has 0 saturated carbocycles. The third-order valence-corrected chi connectivity index (χ3v) is 4.34. The lowest BCUT2D eigenvalue weighted by molar-refractivity contribution is -0.131. The lowest BCUT2D eigenvalue weighted by atomic mass is 10.1. The number of carbonyl (C=O) groups excluding carboxylic acids is 2. The molecular formula is C20H22ClNO4. The van der Waals surface area contributed by atoms with E-state index in [4.69, 9.17) is 16.3 Å². The van der Waals surface area contributed by atoms with Crippen LogP contribution in [-0.4, -0.2) is 42.4 Å². The number of methoxy groups -OCH3 is 1. The molecule has 2 aromatic rings. The predicted octanol–water partition coefficient (Wildman–Crippen LogP) is 3.50. The quantitative estimate of drug-likeness (QED) is 0.717. The third kappa shape index (κ3) is 5.58. The van der Waals surface area contributed by atoms with Crippen molar-refractivity contribution in [3.8, 4) is 5.75 Å². The van der Waals surface area contributed by atoms with Crippen LogP contribution in [0.1, 0.15) is 34.9 Å². The van der Waals surface area contributed by atoms with Crippen LogP contribution in [0.5, 0.6) is 5.75 Å². The van der Waals surface area contributed by atoms with Gasteiger partial charge in [-0.25, -0.2) is 0 Å². The molecule has 26 heavy (non-hydrogen) atoms. The second-order valence-electron chi connectivity index (χ2n) is 6.00. The standard InChI is InChI=1S/C20H22ClNO4/c1-22(13-19(24)15-4-3-5-17(12-15)26-2)20(25)11-10-18(23)14-6-8-16(21)9-7-14/h3-9,12,19,24H,10-11,13H2,1-2H3. The van der Waals surface area contributed by atoms with Crippen molar-refractivity contribution in [3.63, 3.8) is 0 Å². The van der Waals surface area contributed by atoms with Gasteiger partial charge in [-0.1, -0.05) is 23.7 Å². The summed E-state index contributed by atoms with van der Waals surface area (Å²) in [6.07, 6.45) is -0.630. The number of hydrogen-bond donors (Lipinski definition) is 1. The number of carbonyl (C=O) groups is 2. The van der Waals surface area contributed by atoms with Crippen LogP contribution in [0.4, 0.5) is 0 Å². The second-order valence-corrected chi connectivity index (χ2v) is 6.43. The number of aliphatic hydroxyl groups is 1. The van der Waals surface area contributed by atoms with Gasteiger partial charge in [0.2, 0.25) is 5.91 Å². The Morgan fingerprint density at radius 2 is 1.85 bits per heavy atom. The molecule has 0 aliphatic heterocycles. The molecule has 0 aliphatic rings. The van der Waals surface area contributed by atoms with Crippen LogP contribution >= 0.6 is 11.6 Å². The first kappa shape index (κ1) is 19.9. The summed E-state index contributed by atoms with van der Waals surface area (Å²) in [6, 6.07) is 13.7. The lowest BCUT2D eigenvalue weighted by Crippen LogP contribution is -2.31. The zero-order chi connectivity index (χ0) is 19.1. The van der Waals surface area contributed by atoms with Crippen LogP contribution < -0.4 is 4.74 Å². The van der Waals surface area contributed by atoms with Crippen molar-refractivity contribution in [2.24, 2.45) is 0 Å². The molecule has 0 aromatic heterocycles. The van der Waals surface area contributed by atoms with Crippen molar-refractivity contribution < 1.29 is 19.4 Å². The Kier molecular flexibility index (Phi) is 7.18. The molecule has 138 valence electrons. The van der Waals surface area contributed by atoms with Gasteiger partial charge >= 0.3 is 0 Å². The topological polar surface area (TPSA) is 66.8 Å². The number of halogens is 1. The largest absolute Gasteiger partial charge is 0.497 e. The van der Waals surface area contributed by atoms with Crippen molar-refractivity contribution in [1.82, 2.24) is 4.90 Å². The molecule has 0 heterocycles. The summed E-state index contributed by atoms with van der Waals surface area (Å²) in [5.41, 5.74) is 1.20. The average molecular weight is 376 g/mol. The summed E-state index contributed by atoms with van der Waals surface area (Å²) < 4.78 is 5.13. The van der Waals surface area contributed by atoms with Gasteiger partial charge in [0, 0.05) is 30.5 Å². The average Bonchev–Trinajstić information content (AvgIpc) is 2.66. The van der Waals surface area contributed by atoms with E-state index in [-0.39, 0.29) is 31.1 Å². The van der Waals surface area contributed by atoms with Crippen molar-refractivity contribution in [2.45, 2.75) is 18.9 Å². The highest BCUT2D eigenvalue weighted by molar-refractivity contribution is 6.30. The number of Topliss-reactive ketones (excluding diaryl/α,β-unsaturated/α-hetero) is 1. The minimum Gasteiger partial charge on any atom is -0.497 e. The highest BCUT2D eigenvalue weighted by atomic mass is 35.5. The van der Waals surface area contributed by atoms with Crippen LogP contribution in [0.2, 0.25) is 5.02 Å². The molecule has 0 aliphatic carbocycles. The number of aliphatic hydroxyl groups excluding tert-OH is 1. The van der Waals surface area contributed by atoms with E-state index in [1.165, 1.54) is 4.90 Å². The Morgan fingerprint density at radius 3 is 2.50 bits per heavy atom. The first-order valence-electron chi connectivity index (χ1n) is 8.25. The van der Waals surface area contributed by atoms with Crippen LogP contribution in [0.15, 0.2) is 48.5 Å². The molecule has 0 radical (unpaired) electrons. The lowest BCUT2D eigenvalue weighted by Gasteiger charge is -2.21. The molecule has 0 fully saturated rings. The summed E-state index contributed by atoms with van der Waals surface area (Å²) in [4.78, 5) is 25.8. The van der Waals surface area contributed by atoms with Gasteiger partial charge in [0.1, 0.15) is 5.75 Å². The molecule has 6 heteroatoms. The molecule has 2 aromatic carbocycles. The van der Waals surface area contributed by atoms with E-state index in [2.05, 4.69) is 0 Å². The normalized spacial score (nSPS) is 11.7. The van der Waals surface area contributed by atoms with Crippen LogP contribution in [0, 0.1) is 0 Å². The Hall–Kier alpha value is -2.37. The number of amides is 1. The molecule has 1 atom stereocenters. The Labute approximate surface area is 158 Å². The zero-order valence-corrected chi connectivity index (χ0v) is 15.6. The SMILES string of the molecule is COc1cccc(C(O)CN(C)C(=O)CCC(=O)c2ccc(Cl)cc2)c1. The predicted molar refractivity (Wildman–Crippen MR) is 101 cm³/mol. The third-order valence-electron chi connectivity index (χ3n) is 4.08. The number of rotatable bonds is 8. The first-order valence-corrected chi connectivity index (χ1v) is 8.63. The van der Waals surface area contributed by atoms with E-state index in [9.17, 15) is 14.7 Å². The van der Waals surface area contributed by atoms with Crippen molar-refractivity contribution in [2.75, 3.05) is 20.7 Å². The molecular weight excluding hydrogens is 354 g/mol. The van der Waals surface area contributed by atoms with Crippen LogP contribution in [-0.2, 0) is 4.79 Å². The Morgan fingerprint density at radius 1 is 1.15 bits per heavy atom. The van der Waals surface area contributed by atoms with Gasteiger partial charge in [-0.3, -0.25) is 9.59 Å². The molecule has 1 unspecified atom stereocenters. The number of benzene rings is 2. The summed E-state index contributed by atoms with van der Waals surface area (Å²) >= 11 is 5.80. The maximum absolute atomic E-state index is 12.2. The minimum atomic E-state index is -0.828. The van der Waals surface area contributed by atoms with E-state index in [1.807, 2.05) is 0 Å². The Balaban J connectivity index is 1.86. The van der Waals surface area contributed by atoms with Gasteiger partial charge in [0.25, 0.3) is 0 Å². The van der Waals surface area contributed by atoms with E-state index in [0.29, 0.717) is 21.9 Å². The van der Waals surface area contributed by atoms with Gasteiger partial charge in [-0.2, -0.15) is 0 Å². The van der Waals surface area contributed by atoms with Gasteiger partial charge in [0.05, 0.1) is 19.8 Å². The first-order chi connectivity index (χ1) is 12.4. The van der Waals surface area contributed by atoms with E-state index in [1.54, 1.807) is 62.7 Å². The van der Waals surface area contributed by atoms with Crippen molar-refractivity contribution in [1.29, 1.82) is 0 Å². The molecule has 2 rings (SSSR count). The van der Waals surface area contributed by atoms with Gasteiger partial charge in [-0.05, 0) is 42.0 Å². The maximum atomic E-state index is 12.2. The summed E-state index contributed by atoms with van der Waals surface area (Å²) in [6.45, 7) is 0.140. The zero-order valence-electron chi connectivity index (χ0n) is 14.8. The van der Waals surface area contributed by atoms with Gasteiger partial charge in [-0.15, -0.1) is 0 Å². The summed E-state index contributed by atoms with van der Waals surface area (Å²) in [5.74, 6) is 0.329. The second kappa shape index (κ2) is 9.36. The fourth-order valence-electron chi connectivity index (χ4n) is 2.51. The smallest absolute Gasteiger partial charge is 0.222 e. The number of ketones is 1. The summed E-state index contributed by atoms with van der Waals surface area (Å²) in [7, 11) is 3.16. The molecule has 0 spiro atoms. The molecule has 1 amide bonds. The number of likely N-dealkylation sites (N-methyl/N-ethyl adjacent to an activating group) is 1. The highest BCUT2D eigenvalue weighted by Gasteiger charge is 2.17. The fraction of sp³-hybridized carbons (Fsp3) is 0.300. The molecule has 1 N–H and O–H groups in total. The summed E-state index contributed by atoms with van der Waals surface area (Å²) in [5, 5.41) is 10.9. The number of ether oxygens (including phenoxy) is 1. The van der Waals surface area contributed by atoms with E-state index in [0.717, 1.165) is 0 Å². The molecule has 0 bridgehead atoms. The van der Waals surface area contributed by atoms with Crippen molar-refractivity contribution >= 4 is 23.3 Å². The number of nitrogens with zero attached hydrogens (tertiary/aromatic N) is 1. The fourth-order valence-corrected chi connectivity index (χ4v) is 2.63.